The minimum Gasteiger partial charge on any atom is -0.497 e. The molecule has 2 unspecified atom stereocenters. The smallest absolute Gasteiger partial charge is 0.332 e. The van der Waals surface area contributed by atoms with E-state index in [4.69, 9.17) is 4.74 Å². The van der Waals surface area contributed by atoms with E-state index < -0.39 is 6.04 Å². The Morgan fingerprint density at radius 2 is 2.18 bits per heavy atom. The second-order valence-electron chi connectivity index (χ2n) is 6.75. The lowest BCUT2D eigenvalue weighted by molar-refractivity contribution is -0.120. The van der Waals surface area contributed by atoms with Crippen LogP contribution in [-0.4, -0.2) is 58.1 Å². The van der Waals surface area contributed by atoms with E-state index >= 15 is 0 Å². The number of aryl methyl sites for hydroxylation is 1. The predicted molar refractivity (Wildman–Crippen MR) is 102 cm³/mol. The number of methoxy groups -OCH3 is 1. The summed E-state index contributed by atoms with van der Waals surface area (Å²) in [6.45, 7) is 2.13. The SMILES string of the molecule is COc1cccc(N2C(=O)C3CC(NC(=O)c4snnc4C)CCN3C2=O)c1. The molecule has 0 saturated carbocycles. The summed E-state index contributed by atoms with van der Waals surface area (Å²) in [4.78, 5) is 41.4. The number of amides is 4. The van der Waals surface area contributed by atoms with Crippen molar-refractivity contribution in [3.05, 3.63) is 34.8 Å². The first-order valence-electron chi connectivity index (χ1n) is 8.88. The lowest BCUT2D eigenvalue weighted by atomic mass is 9.98. The van der Waals surface area contributed by atoms with Crippen LogP contribution in [0.25, 0.3) is 0 Å². The topological polar surface area (TPSA) is 105 Å². The van der Waals surface area contributed by atoms with Crippen LogP contribution < -0.4 is 15.0 Å². The van der Waals surface area contributed by atoms with Gasteiger partial charge in [0.05, 0.1) is 18.5 Å². The standard InChI is InChI=1S/C18H19N5O4S/c1-10-15(28-21-20-10)16(24)19-11-6-7-22-14(8-11)17(25)23(18(22)26)12-4-3-5-13(9-12)27-2/h3-5,9,11,14H,6-8H2,1-2H3,(H,19,24). The number of rotatable bonds is 4. The fraction of sp³-hybridized carbons (Fsp3) is 0.389. The molecule has 0 spiro atoms. The first-order valence-corrected chi connectivity index (χ1v) is 9.65. The van der Waals surface area contributed by atoms with Gasteiger partial charge >= 0.3 is 6.03 Å². The summed E-state index contributed by atoms with van der Waals surface area (Å²) in [7, 11) is 1.53. The number of ether oxygens (including phenoxy) is 1. The minimum atomic E-state index is -0.585. The fourth-order valence-electron chi connectivity index (χ4n) is 3.61. The molecule has 28 heavy (non-hydrogen) atoms. The quantitative estimate of drug-likeness (QED) is 0.780. The number of urea groups is 1. The van der Waals surface area contributed by atoms with E-state index in [1.165, 1.54) is 12.0 Å². The number of hydrogen-bond acceptors (Lipinski definition) is 7. The van der Waals surface area contributed by atoms with Gasteiger partial charge in [0, 0.05) is 18.7 Å². The Morgan fingerprint density at radius 3 is 2.89 bits per heavy atom. The Bertz CT molecular complexity index is 946. The molecule has 2 aromatic rings. The summed E-state index contributed by atoms with van der Waals surface area (Å²) in [5.41, 5.74) is 1.06. The Labute approximate surface area is 165 Å². The summed E-state index contributed by atoms with van der Waals surface area (Å²) >= 11 is 1.04. The second kappa shape index (κ2) is 7.19. The van der Waals surface area contributed by atoms with Gasteiger partial charge in [-0.15, -0.1) is 5.10 Å². The van der Waals surface area contributed by atoms with Crippen molar-refractivity contribution in [1.82, 2.24) is 19.8 Å². The first-order chi connectivity index (χ1) is 13.5. The Kier molecular flexibility index (Phi) is 4.71. The van der Waals surface area contributed by atoms with Crippen LogP contribution in [0.2, 0.25) is 0 Å². The maximum atomic E-state index is 13.0. The molecule has 10 heteroatoms. The predicted octanol–water partition coefficient (Wildman–Crippen LogP) is 1.58. The molecule has 0 radical (unpaired) electrons. The molecule has 2 aliphatic rings. The van der Waals surface area contributed by atoms with Crippen LogP contribution >= 0.6 is 11.5 Å². The zero-order chi connectivity index (χ0) is 19.8. The zero-order valence-electron chi connectivity index (χ0n) is 15.4. The van der Waals surface area contributed by atoms with Crippen molar-refractivity contribution in [2.75, 3.05) is 18.6 Å². The lowest BCUT2D eigenvalue weighted by Gasteiger charge is -2.32. The number of carbonyl (C=O) groups excluding carboxylic acids is 3. The van der Waals surface area contributed by atoms with Crippen LogP contribution in [0, 0.1) is 6.92 Å². The molecule has 9 nitrogen and oxygen atoms in total. The van der Waals surface area contributed by atoms with Gasteiger partial charge in [0.15, 0.2) is 0 Å². The third kappa shape index (κ3) is 3.09. The monoisotopic (exact) mass is 401 g/mol. The first kappa shape index (κ1) is 18.4. The summed E-state index contributed by atoms with van der Waals surface area (Å²) in [5, 5.41) is 6.79. The van der Waals surface area contributed by atoms with E-state index in [1.807, 2.05) is 0 Å². The molecule has 3 heterocycles. The normalized spacial score (nSPS) is 21.6. The van der Waals surface area contributed by atoms with Gasteiger partial charge in [0.1, 0.15) is 16.7 Å². The number of hydrogen-bond donors (Lipinski definition) is 1. The van der Waals surface area contributed by atoms with Crippen molar-refractivity contribution < 1.29 is 19.1 Å². The highest BCUT2D eigenvalue weighted by molar-refractivity contribution is 7.08. The third-order valence-corrected chi connectivity index (χ3v) is 5.88. The Balaban J connectivity index is 1.50. The van der Waals surface area contributed by atoms with E-state index in [2.05, 4.69) is 14.9 Å². The molecule has 1 aromatic carbocycles. The number of imide groups is 1. The highest BCUT2D eigenvalue weighted by Gasteiger charge is 2.48. The number of benzene rings is 1. The van der Waals surface area contributed by atoms with Crippen molar-refractivity contribution in [3.63, 3.8) is 0 Å². The number of piperidine rings is 1. The van der Waals surface area contributed by atoms with Gasteiger partial charge < -0.3 is 15.0 Å². The van der Waals surface area contributed by atoms with E-state index in [0.29, 0.717) is 41.4 Å². The van der Waals surface area contributed by atoms with Crippen molar-refractivity contribution in [1.29, 1.82) is 0 Å². The molecule has 1 aromatic heterocycles. The Morgan fingerprint density at radius 1 is 1.36 bits per heavy atom. The van der Waals surface area contributed by atoms with Crippen LogP contribution in [0.1, 0.15) is 28.2 Å². The zero-order valence-corrected chi connectivity index (χ0v) is 16.2. The van der Waals surface area contributed by atoms with Crippen LogP contribution in [-0.2, 0) is 4.79 Å². The van der Waals surface area contributed by atoms with Crippen LogP contribution in [0.4, 0.5) is 10.5 Å². The molecule has 4 rings (SSSR count). The molecule has 146 valence electrons. The Hall–Kier alpha value is -3.01. The summed E-state index contributed by atoms with van der Waals surface area (Å²) in [6, 6.07) is 5.73. The van der Waals surface area contributed by atoms with Crippen molar-refractivity contribution in [2.24, 2.45) is 0 Å². The number of fused-ring (bicyclic) bond motifs is 1. The highest BCUT2D eigenvalue weighted by Crippen LogP contribution is 2.32. The number of carbonyl (C=O) groups is 3. The molecule has 2 fully saturated rings. The fourth-order valence-corrected chi connectivity index (χ4v) is 4.17. The molecular formula is C18H19N5O4S. The minimum absolute atomic E-state index is 0.197. The van der Waals surface area contributed by atoms with Gasteiger partial charge in [0.2, 0.25) is 0 Å². The van der Waals surface area contributed by atoms with Crippen LogP contribution in [0.3, 0.4) is 0 Å². The molecular weight excluding hydrogens is 382 g/mol. The lowest BCUT2D eigenvalue weighted by Crippen LogP contribution is -2.49. The van der Waals surface area contributed by atoms with Crippen molar-refractivity contribution in [3.8, 4) is 5.75 Å². The molecule has 2 atom stereocenters. The molecule has 2 saturated heterocycles. The van der Waals surface area contributed by atoms with Crippen molar-refractivity contribution in [2.45, 2.75) is 31.8 Å². The van der Waals surface area contributed by atoms with Crippen LogP contribution in [0.5, 0.6) is 5.75 Å². The molecule has 4 amide bonds. The maximum Gasteiger partial charge on any atom is 0.332 e. The summed E-state index contributed by atoms with van der Waals surface area (Å²) in [6.07, 6.45) is 0.959. The number of anilines is 1. The number of nitrogens with zero attached hydrogens (tertiary/aromatic N) is 4. The van der Waals surface area contributed by atoms with Gasteiger partial charge in [-0.3, -0.25) is 9.59 Å². The van der Waals surface area contributed by atoms with Gasteiger partial charge in [-0.05, 0) is 43.4 Å². The molecule has 0 bridgehead atoms. The average molecular weight is 401 g/mol. The second-order valence-corrected chi connectivity index (χ2v) is 7.50. The molecule has 2 aliphatic heterocycles. The third-order valence-electron chi connectivity index (χ3n) is 5.05. The summed E-state index contributed by atoms with van der Waals surface area (Å²) in [5.74, 6) is 0.0434. The largest absolute Gasteiger partial charge is 0.497 e. The number of nitrogens with one attached hydrogen (secondary N) is 1. The van der Waals surface area contributed by atoms with Crippen LogP contribution in [0.15, 0.2) is 24.3 Å². The van der Waals surface area contributed by atoms with Gasteiger partial charge in [-0.2, -0.15) is 0 Å². The van der Waals surface area contributed by atoms with E-state index in [9.17, 15) is 14.4 Å². The van der Waals surface area contributed by atoms with E-state index in [0.717, 1.165) is 11.5 Å². The van der Waals surface area contributed by atoms with Gasteiger partial charge in [-0.25, -0.2) is 9.69 Å². The van der Waals surface area contributed by atoms with E-state index in [-0.39, 0.29) is 23.9 Å². The van der Waals surface area contributed by atoms with Crippen molar-refractivity contribution >= 4 is 35.1 Å². The molecule has 1 N–H and O–H groups in total. The summed E-state index contributed by atoms with van der Waals surface area (Å²) < 4.78 is 8.97. The maximum absolute atomic E-state index is 13.0. The molecule has 0 aliphatic carbocycles. The number of aromatic nitrogens is 2. The van der Waals surface area contributed by atoms with E-state index in [1.54, 1.807) is 36.1 Å². The average Bonchev–Trinajstić information content (AvgIpc) is 3.23. The van der Waals surface area contributed by atoms with Gasteiger partial charge in [0.25, 0.3) is 11.8 Å². The van der Waals surface area contributed by atoms with Gasteiger partial charge in [-0.1, -0.05) is 10.6 Å². The highest BCUT2D eigenvalue weighted by atomic mass is 32.1.